The topological polar surface area (TPSA) is 38.5 Å². The standard InChI is InChI=1S/C13H17F3N2O/c1-19-12-8-10(17)2-3-11(12)18-6-4-9(5-7-18)13(14,15)16/h2-3,8-9H,4-7,17H2,1H3. The van der Waals surface area contributed by atoms with Gasteiger partial charge in [-0.1, -0.05) is 0 Å². The number of halogens is 3. The number of piperidine rings is 1. The second kappa shape index (κ2) is 5.19. The number of methoxy groups -OCH3 is 1. The molecule has 1 aliphatic heterocycles. The largest absolute Gasteiger partial charge is 0.495 e. The maximum Gasteiger partial charge on any atom is 0.391 e. The van der Waals surface area contributed by atoms with Crippen LogP contribution in [0.2, 0.25) is 0 Å². The van der Waals surface area contributed by atoms with Gasteiger partial charge in [-0.2, -0.15) is 13.2 Å². The zero-order chi connectivity index (χ0) is 14.0. The van der Waals surface area contributed by atoms with Crippen LogP contribution in [-0.4, -0.2) is 26.4 Å². The molecule has 1 saturated heterocycles. The summed E-state index contributed by atoms with van der Waals surface area (Å²) < 4.78 is 43.1. The number of rotatable bonds is 2. The number of anilines is 2. The van der Waals surface area contributed by atoms with Gasteiger partial charge >= 0.3 is 6.18 Å². The molecule has 0 amide bonds. The number of hydrogen-bond donors (Lipinski definition) is 1. The molecule has 2 N–H and O–H groups in total. The Morgan fingerprint density at radius 3 is 2.42 bits per heavy atom. The molecule has 0 unspecified atom stereocenters. The van der Waals surface area contributed by atoms with Gasteiger partial charge < -0.3 is 15.4 Å². The lowest BCUT2D eigenvalue weighted by atomic mass is 9.96. The van der Waals surface area contributed by atoms with E-state index in [4.69, 9.17) is 10.5 Å². The Hall–Kier alpha value is -1.59. The second-order valence-corrected chi connectivity index (χ2v) is 4.73. The first kappa shape index (κ1) is 13.8. The molecular formula is C13H17F3N2O. The molecule has 0 aliphatic carbocycles. The molecule has 0 bridgehead atoms. The van der Waals surface area contributed by atoms with E-state index in [2.05, 4.69) is 0 Å². The summed E-state index contributed by atoms with van der Waals surface area (Å²) in [5.41, 5.74) is 7.04. The van der Waals surface area contributed by atoms with Gasteiger partial charge in [0.25, 0.3) is 0 Å². The first-order valence-electron chi connectivity index (χ1n) is 6.17. The van der Waals surface area contributed by atoms with E-state index in [1.54, 1.807) is 18.2 Å². The number of nitrogen functional groups attached to an aromatic ring is 1. The van der Waals surface area contributed by atoms with Crippen LogP contribution >= 0.6 is 0 Å². The number of ether oxygens (including phenoxy) is 1. The van der Waals surface area contributed by atoms with Gasteiger partial charge in [-0.05, 0) is 25.0 Å². The van der Waals surface area contributed by atoms with Crippen LogP contribution in [0, 0.1) is 5.92 Å². The third kappa shape index (κ3) is 3.05. The SMILES string of the molecule is COc1cc(N)ccc1N1CCC(C(F)(F)F)CC1. The highest BCUT2D eigenvalue weighted by Gasteiger charge is 2.41. The summed E-state index contributed by atoms with van der Waals surface area (Å²) in [5.74, 6) is -0.589. The fourth-order valence-electron chi connectivity index (χ4n) is 2.40. The quantitative estimate of drug-likeness (QED) is 0.842. The van der Waals surface area contributed by atoms with Crippen molar-refractivity contribution in [2.24, 2.45) is 5.92 Å². The van der Waals surface area contributed by atoms with Crippen molar-refractivity contribution in [2.45, 2.75) is 19.0 Å². The molecule has 0 aromatic heterocycles. The van der Waals surface area contributed by atoms with Crippen molar-refractivity contribution >= 4 is 11.4 Å². The lowest BCUT2D eigenvalue weighted by Crippen LogP contribution is -2.39. The maximum absolute atomic E-state index is 12.6. The van der Waals surface area contributed by atoms with E-state index in [-0.39, 0.29) is 12.8 Å². The molecule has 0 radical (unpaired) electrons. The van der Waals surface area contributed by atoms with E-state index < -0.39 is 12.1 Å². The Balaban J connectivity index is 2.10. The number of nitrogens with two attached hydrogens (primary N) is 1. The van der Waals surface area contributed by atoms with E-state index in [0.717, 1.165) is 5.69 Å². The van der Waals surface area contributed by atoms with Crippen LogP contribution in [0.4, 0.5) is 24.5 Å². The minimum atomic E-state index is -4.09. The summed E-state index contributed by atoms with van der Waals surface area (Å²) in [5, 5.41) is 0. The fourth-order valence-corrected chi connectivity index (χ4v) is 2.40. The Kier molecular flexibility index (Phi) is 3.78. The third-order valence-electron chi connectivity index (χ3n) is 3.50. The van der Waals surface area contributed by atoms with Crippen LogP contribution in [0.5, 0.6) is 5.75 Å². The van der Waals surface area contributed by atoms with Crippen molar-refractivity contribution in [3.05, 3.63) is 18.2 Å². The van der Waals surface area contributed by atoms with Crippen molar-refractivity contribution in [3.8, 4) is 5.75 Å². The Labute approximate surface area is 110 Å². The molecule has 1 fully saturated rings. The molecule has 1 heterocycles. The first-order chi connectivity index (χ1) is 8.91. The minimum Gasteiger partial charge on any atom is -0.495 e. The van der Waals surface area contributed by atoms with Crippen LogP contribution in [-0.2, 0) is 0 Å². The van der Waals surface area contributed by atoms with E-state index in [1.807, 2.05) is 4.90 Å². The highest BCUT2D eigenvalue weighted by molar-refractivity contribution is 5.64. The summed E-state index contributed by atoms with van der Waals surface area (Å²) in [6.45, 7) is 0.759. The molecule has 1 aliphatic rings. The summed E-state index contributed by atoms with van der Waals surface area (Å²) in [6, 6.07) is 5.21. The van der Waals surface area contributed by atoms with Gasteiger partial charge in [0.2, 0.25) is 0 Å². The molecule has 2 rings (SSSR count). The monoisotopic (exact) mass is 274 g/mol. The molecular weight excluding hydrogens is 257 g/mol. The molecule has 3 nitrogen and oxygen atoms in total. The molecule has 1 aromatic rings. The molecule has 106 valence electrons. The average molecular weight is 274 g/mol. The van der Waals surface area contributed by atoms with E-state index in [1.165, 1.54) is 7.11 Å². The van der Waals surface area contributed by atoms with Crippen LogP contribution in [0.15, 0.2) is 18.2 Å². The van der Waals surface area contributed by atoms with E-state index in [0.29, 0.717) is 24.5 Å². The predicted molar refractivity (Wildman–Crippen MR) is 68.4 cm³/mol. The predicted octanol–water partition coefficient (Wildman–Crippen LogP) is 3.06. The zero-order valence-corrected chi connectivity index (χ0v) is 10.7. The maximum atomic E-state index is 12.6. The fraction of sp³-hybridized carbons (Fsp3) is 0.538. The van der Waals surface area contributed by atoms with Gasteiger partial charge in [0.05, 0.1) is 18.7 Å². The Bertz CT molecular complexity index is 440. The molecule has 6 heteroatoms. The van der Waals surface area contributed by atoms with Gasteiger partial charge in [0, 0.05) is 24.8 Å². The van der Waals surface area contributed by atoms with Crippen molar-refractivity contribution in [1.82, 2.24) is 0 Å². The highest BCUT2D eigenvalue weighted by Crippen LogP contribution is 2.38. The van der Waals surface area contributed by atoms with Crippen LogP contribution in [0.25, 0.3) is 0 Å². The number of hydrogen-bond acceptors (Lipinski definition) is 3. The Morgan fingerprint density at radius 1 is 1.26 bits per heavy atom. The lowest BCUT2D eigenvalue weighted by molar-refractivity contribution is -0.179. The minimum absolute atomic E-state index is 0.122. The van der Waals surface area contributed by atoms with Crippen molar-refractivity contribution < 1.29 is 17.9 Å². The molecule has 19 heavy (non-hydrogen) atoms. The molecule has 0 atom stereocenters. The van der Waals surface area contributed by atoms with Crippen molar-refractivity contribution in [1.29, 1.82) is 0 Å². The summed E-state index contributed by atoms with van der Waals surface area (Å²) >= 11 is 0. The van der Waals surface area contributed by atoms with Gasteiger partial charge in [-0.25, -0.2) is 0 Å². The average Bonchev–Trinajstić information content (AvgIpc) is 2.37. The van der Waals surface area contributed by atoms with E-state index in [9.17, 15) is 13.2 Å². The second-order valence-electron chi connectivity index (χ2n) is 4.73. The normalized spacial score (nSPS) is 17.6. The molecule has 0 saturated carbocycles. The van der Waals surface area contributed by atoms with Crippen LogP contribution in [0.1, 0.15) is 12.8 Å². The van der Waals surface area contributed by atoms with E-state index >= 15 is 0 Å². The van der Waals surface area contributed by atoms with Crippen molar-refractivity contribution in [3.63, 3.8) is 0 Å². The first-order valence-corrected chi connectivity index (χ1v) is 6.17. The third-order valence-corrected chi connectivity index (χ3v) is 3.50. The molecule has 1 aromatic carbocycles. The Morgan fingerprint density at radius 2 is 1.89 bits per heavy atom. The van der Waals surface area contributed by atoms with Crippen LogP contribution in [0.3, 0.4) is 0 Å². The van der Waals surface area contributed by atoms with Crippen molar-refractivity contribution in [2.75, 3.05) is 30.8 Å². The number of alkyl halides is 3. The van der Waals surface area contributed by atoms with Gasteiger partial charge in [0.15, 0.2) is 0 Å². The lowest BCUT2D eigenvalue weighted by Gasteiger charge is -2.35. The summed E-state index contributed by atoms with van der Waals surface area (Å²) in [4.78, 5) is 1.92. The smallest absolute Gasteiger partial charge is 0.391 e. The zero-order valence-electron chi connectivity index (χ0n) is 10.7. The summed E-state index contributed by atoms with van der Waals surface area (Å²) in [6.07, 6.45) is -3.84. The highest BCUT2D eigenvalue weighted by atomic mass is 19.4. The van der Waals surface area contributed by atoms with Gasteiger partial charge in [-0.15, -0.1) is 0 Å². The van der Waals surface area contributed by atoms with Gasteiger partial charge in [0.1, 0.15) is 5.75 Å². The number of nitrogens with zero attached hydrogens (tertiary/aromatic N) is 1. The molecule has 0 spiro atoms. The number of benzene rings is 1. The van der Waals surface area contributed by atoms with Crippen LogP contribution < -0.4 is 15.4 Å². The van der Waals surface area contributed by atoms with Gasteiger partial charge in [-0.3, -0.25) is 0 Å². The summed E-state index contributed by atoms with van der Waals surface area (Å²) in [7, 11) is 1.53.